The molecule has 0 unspecified atom stereocenters. The van der Waals surface area contributed by atoms with Crippen molar-refractivity contribution >= 4 is 0 Å². The number of nitrogens with zero attached hydrogens (tertiary/aromatic N) is 4. The molecular formula is C10H9FN4O. The number of ether oxygens (including phenoxy) is 1. The number of methoxy groups -OCH3 is 1. The first-order chi connectivity index (χ1) is 7.69. The molecule has 0 amide bonds. The summed E-state index contributed by atoms with van der Waals surface area (Å²) in [5.41, 5.74) is 0.483. The topological polar surface area (TPSA) is 60.8 Å². The van der Waals surface area contributed by atoms with Crippen LogP contribution in [0.4, 0.5) is 4.39 Å². The first-order valence-corrected chi connectivity index (χ1v) is 4.58. The van der Waals surface area contributed by atoms with Gasteiger partial charge < -0.3 is 4.74 Å². The summed E-state index contributed by atoms with van der Waals surface area (Å²) in [5, 5.41) is 15.1. The molecule has 1 aromatic carbocycles. The zero-order valence-corrected chi connectivity index (χ0v) is 8.81. The maximum absolute atomic E-state index is 13.2. The molecule has 0 saturated heterocycles. The zero-order chi connectivity index (χ0) is 11.5. The van der Waals surface area contributed by atoms with Gasteiger partial charge in [0, 0.05) is 11.6 Å². The fraction of sp³-hybridized carbons (Fsp3) is 0.200. The number of aromatic nitrogens is 4. The van der Waals surface area contributed by atoms with Crippen LogP contribution in [0.1, 0.15) is 5.82 Å². The van der Waals surface area contributed by atoms with Crippen LogP contribution in [0.15, 0.2) is 18.2 Å². The number of hydrogen-bond donors (Lipinski definition) is 0. The van der Waals surface area contributed by atoms with E-state index in [0.717, 1.165) is 0 Å². The lowest BCUT2D eigenvalue weighted by Crippen LogP contribution is -1.99. The number of hydrogen-bond acceptors (Lipinski definition) is 5. The van der Waals surface area contributed by atoms with Crippen molar-refractivity contribution in [2.75, 3.05) is 7.11 Å². The van der Waals surface area contributed by atoms with Crippen LogP contribution in [0.3, 0.4) is 0 Å². The molecule has 2 aromatic rings. The van der Waals surface area contributed by atoms with Crippen molar-refractivity contribution in [2.45, 2.75) is 6.92 Å². The molecule has 0 atom stereocenters. The van der Waals surface area contributed by atoms with Gasteiger partial charge in [0.15, 0.2) is 5.82 Å². The van der Waals surface area contributed by atoms with Crippen molar-refractivity contribution in [3.8, 4) is 17.1 Å². The minimum atomic E-state index is -0.418. The van der Waals surface area contributed by atoms with Crippen molar-refractivity contribution in [2.24, 2.45) is 0 Å². The van der Waals surface area contributed by atoms with Gasteiger partial charge in [-0.3, -0.25) is 0 Å². The van der Waals surface area contributed by atoms with Gasteiger partial charge in [0.1, 0.15) is 11.6 Å². The second-order valence-corrected chi connectivity index (χ2v) is 3.15. The van der Waals surface area contributed by atoms with Crippen molar-refractivity contribution < 1.29 is 9.13 Å². The molecule has 0 aliphatic carbocycles. The van der Waals surface area contributed by atoms with E-state index in [1.807, 2.05) is 0 Å². The Kier molecular flexibility index (Phi) is 2.72. The van der Waals surface area contributed by atoms with Crippen LogP contribution in [0, 0.1) is 12.7 Å². The zero-order valence-electron chi connectivity index (χ0n) is 8.81. The molecule has 0 fully saturated rings. The molecule has 0 saturated carbocycles. The third-order valence-corrected chi connectivity index (χ3v) is 1.94. The SMILES string of the molecule is COc1cc(F)cc(-c2nnc(C)nn2)c1. The Bertz CT molecular complexity index is 501. The lowest BCUT2D eigenvalue weighted by molar-refractivity contribution is 0.411. The van der Waals surface area contributed by atoms with Crippen molar-refractivity contribution in [3.63, 3.8) is 0 Å². The molecule has 1 heterocycles. The molecular weight excluding hydrogens is 211 g/mol. The summed E-state index contributed by atoms with van der Waals surface area (Å²) in [4.78, 5) is 0. The van der Waals surface area contributed by atoms with Crippen LogP contribution in [0.5, 0.6) is 5.75 Å². The summed E-state index contributed by atoms with van der Waals surface area (Å²) in [5.74, 6) is 0.716. The predicted molar refractivity (Wildman–Crippen MR) is 54.3 cm³/mol. The minimum absolute atomic E-state index is 0.267. The quantitative estimate of drug-likeness (QED) is 0.765. The first-order valence-electron chi connectivity index (χ1n) is 4.58. The largest absolute Gasteiger partial charge is 0.497 e. The Morgan fingerprint density at radius 3 is 2.38 bits per heavy atom. The van der Waals surface area contributed by atoms with E-state index in [2.05, 4.69) is 20.4 Å². The fourth-order valence-electron chi connectivity index (χ4n) is 1.20. The Morgan fingerprint density at radius 2 is 1.75 bits per heavy atom. The summed E-state index contributed by atoms with van der Waals surface area (Å²) in [6.45, 7) is 1.68. The van der Waals surface area contributed by atoms with E-state index in [-0.39, 0.29) is 5.82 Å². The lowest BCUT2D eigenvalue weighted by atomic mass is 10.2. The average Bonchev–Trinajstić information content (AvgIpc) is 2.29. The molecule has 6 heteroatoms. The molecule has 5 nitrogen and oxygen atoms in total. The second kappa shape index (κ2) is 4.18. The highest BCUT2D eigenvalue weighted by atomic mass is 19.1. The smallest absolute Gasteiger partial charge is 0.203 e. The van der Waals surface area contributed by atoms with E-state index in [1.165, 1.54) is 19.2 Å². The van der Waals surface area contributed by atoms with Gasteiger partial charge in [-0.2, -0.15) is 0 Å². The van der Waals surface area contributed by atoms with Crippen molar-refractivity contribution in [1.29, 1.82) is 0 Å². The third kappa shape index (κ3) is 2.10. The summed E-state index contributed by atoms with van der Waals surface area (Å²) in [6.07, 6.45) is 0. The van der Waals surface area contributed by atoms with Crippen LogP contribution in [0.2, 0.25) is 0 Å². The van der Waals surface area contributed by atoms with E-state index >= 15 is 0 Å². The van der Waals surface area contributed by atoms with Gasteiger partial charge in [-0.1, -0.05) is 0 Å². The number of halogens is 1. The molecule has 0 bridgehead atoms. The van der Waals surface area contributed by atoms with Crippen LogP contribution in [-0.4, -0.2) is 27.5 Å². The standard InChI is InChI=1S/C10H9FN4O/c1-6-12-14-10(15-13-6)7-3-8(11)5-9(4-7)16-2/h3-5H,1-2H3. The highest BCUT2D eigenvalue weighted by molar-refractivity contribution is 5.56. The van der Waals surface area contributed by atoms with E-state index in [0.29, 0.717) is 17.1 Å². The molecule has 0 aliphatic rings. The van der Waals surface area contributed by atoms with Crippen LogP contribution < -0.4 is 4.74 Å². The molecule has 1 aromatic heterocycles. The summed E-state index contributed by atoms with van der Waals surface area (Å²) >= 11 is 0. The van der Waals surface area contributed by atoms with Gasteiger partial charge >= 0.3 is 0 Å². The predicted octanol–water partition coefficient (Wildman–Crippen LogP) is 1.39. The van der Waals surface area contributed by atoms with E-state index in [1.54, 1.807) is 13.0 Å². The number of benzene rings is 1. The van der Waals surface area contributed by atoms with Gasteiger partial charge in [-0.15, -0.1) is 20.4 Å². The minimum Gasteiger partial charge on any atom is -0.497 e. The van der Waals surface area contributed by atoms with E-state index in [9.17, 15) is 4.39 Å². The lowest BCUT2D eigenvalue weighted by Gasteiger charge is -2.03. The molecule has 82 valence electrons. The maximum atomic E-state index is 13.2. The second-order valence-electron chi connectivity index (χ2n) is 3.15. The van der Waals surface area contributed by atoms with Crippen molar-refractivity contribution in [1.82, 2.24) is 20.4 Å². The normalized spacial score (nSPS) is 10.2. The molecule has 0 radical (unpaired) electrons. The maximum Gasteiger partial charge on any atom is 0.203 e. The Hall–Kier alpha value is -2.11. The van der Waals surface area contributed by atoms with E-state index in [4.69, 9.17) is 4.74 Å². The molecule has 16 heavy (non-hydrogen) atoms. The Morgan fingerprint density at radius 1 is 1.06 bits per heavy atom. The van der Waals surface area contributed by atoms with E-state index < -0.39 is 5.82 Å². The molecule has 0 aliphatic heterocycles. The van der Waals surface area contributed by atoms with Crippen molar-refractivity contribution in [3.05, 3.63) is 29.8 Å². The third-order valence-electron chi connectivity index (χ3n) is 1.94. The molecule has 0 spiro atoms. The van der Waals surface area contributed by atoms with Gasteiger partial charge in [-0.05, 0) is 19.1 Å². The van der Waals surface area contributed by atoms with Crippen LogP contribution in [-0.2, 0) is 0 Å². The average molecular weight is 220 g/mol. The number of rotatable bonds is 2. The van der Waals surface area contributed by atoms with Crippen LogP contribution in [0.25, 0.3) is 11.4 Å². The van der Waals surface area contributed by atoms with Gasteiger partial charge in [0.05, 0.1) is 7.11 Å². The highest BCUT2D eigenvalue weighted by Crippen LogP contribution is 2.21. The Labute approximate surface area is 91.3 Å². The van der Waals surface area contributed by atoms with Gasteiger partial charge in [-0.25, -0.2) is 4.39 Å². The first kappa shape index (κ1) is 10.4. The summed E-state index contributed by atoms with van der Waals surface area (Å²) < 4.78 is 18.1. The summed E-state index contributed by atoms with van der Waals surface area (Å²) in [6, 6.07) is 4.20. The van der Waals surface area contributed by atoms with Gasteiger partial charge in [0.2, 0.25) is 5.82 Å². The molecule has 2 rings (SSSR count). The van der Waals surface area contributed by atoms with Gasteiger partial charge in [0.25, 0.3) is 0 Å². The number of aryl methyl sites for hydroxylation is 1. The monoisotopic (exact) mass is 220 g/mol. The summed E-state index contributed by atoms with van der Waals surface area (Å²) in [7, 11) is 1.46. The molecule has 0 N–H and O–H groups in total. The highest BCUT2D eigenvalue weighted by Gasteiger charge is 2.07. The fourth-order valence-corrected chi connectivity index (χ4v) is 1.20. The Balaban J connectivity index is 2.47. The van der Waals surface area contributed by atoms with Crippen LogP contribution >= 0.6 is 0 Å².